The molecule has 23 heavy (non-hydrogen) atoms. The minimum absolute atomic E-state index is 0.0909. The lowest BCUT2D eigenvalue weighted by Gasteiger charge is -2.26. The van der Waals surface area contributed by atoms with Gasteiger partial charge in [-0.1, -0.05) is 29.8 Å². The quantitative estimate of drug-likeness (QED) is 0.843. The van der Waals surface area contributed by atoms with E-state index < -0.39 is 0 Å². The number of rotatable bonds is 5. The highest BCUT2D eigenvalue weighted by molar-refractivity contribution is 7.20. The van der Waals surface area contributed by atoms with Crippen molar-refractivity contribution in [2.24, 2.45) is 0 Å². The van der Waals surface area contributed by atoms with E-state index in [1.165, 1.54) is 0 Å². The monoisotopic (exact) mass is 350 g/mol. The smallest absolute Gasteiger partial charge is 0.244 e. The van der Waals surface area contributed by atoms with Crippen molar-refractivity contribution in [3.05, 3.63) is 40.2 Å². The highest BCUT2D eigenvalue weighted by atomic mass is 35.5. The highest BCUT2D eigenvalue weighted by Gasteiger charge is 2.10. The molecule has 0 atom stereocenters. The van der Waals surface area contributed by atoms with Gasteiger partial charge in [0.15, 0.2) is 0 Å². The Balaban J connectivity index is 1.52. The molecule has 0 unspecified atom stereocenters. The lowest BCUT2D eigenvalue weighted by atomic mass is 10.2. The SMILES string of the molecule is O=C(/C=C/c1sc2ccccc2c1Cl)NCCN1CCOCC1. The van der Waals surface area contributed by atoms with Crippen LogP contribution in [0.2, 0.25) is 5.02 Å². The number of hydrogen-bond acceptors (Lipinski definition) is 4. The number of benzene rings is 1. The number of ether oxygens (including phenoxy) is 1. The van der Waals surface area contributed by atoms with Crippen LogP contribution in [0.15, 0.2) is 30.3 Å². The van der Waals surface area contributed by atoms with Crippen molar-refractivity contribution >= 4 is 45.0 Å². The van der Waals surface area contributed by atoms with E-state index in [9.17, 15) is 4.79 Å². The molecule has 6 heteroatoms. The van der Waals surface area contributed by atoms with Gasteiger partial charge in [0.2, 0.25) is 5.91 Å². The van der Waals surface area contributed by atoms with Crippen LogP contribution in [0.4, 0.5) is 0 Å². The molecule has 3 rings (SSSR count). The maximum absolute atomic E-state index is 11.9. The molecule has 1 amide bonds. The molecule has 1 saturated heterocycles. The molecule has 2 heterocycles. The Bertz CT molecular complexity index is 708. The van der Waals surface area contributed by atoms with Gasteiger partial charge in [0.05, 0.1) is 18.2 Å². The summed E-state index contributed by atoms with van der Waals surface area (Å²) in [7, 11) is 0. The molecule has 1 fully saturated rings. The van der Waals surface area contributed by atoms with E-state index in [4.69, 9.17) is 16.3 Å². The Morgan fingerprint density at radius 1 is 1.35 bits per heavy atom. The predicted molar refractivity (Wildman–Crippen MR) is 96.1 cm³/mol. The molecule has 1 N–H and O–H groups in total. The van der Waals surface area contributed by atoms with Crippen molar-refractivity contribution in [1.82, 2.24) is 10.2 Å². The summed E-state index contributed by atoms with van der Waals surface area (Å²) < 4.78 is 6.43. The normalized spacial score (nSPS) is 16.2. The van der Waals surface area contributed by atoms with Crippen molar-refractivity contribution < 1.29 is 9.53 Å². The Labute approximate surface area is 144 Å². The second kappa shape index (κ2) is 7.93. The van der Waals surface area contributed by atoms with E-state index >= 15 is 0 Å². The molecule has 2 aromatic rings. The third-order valence-electron chi connectivity index (χ3n) is 3.78. The van der Waals surface area contributed by atoms with E-state index in [1.54, 1.807) is 23.5 Å². The van der Waals surface area contributed by atoms with E-state index in [0.29, 0.717) is 11.6 Å². The predicted octanol–water partition coefficient (Wildman–Crippen LogP) is 3.02. The molecule has 122 valence electrons. The van der Waals surface area contributed by atoms with Crippen molar-refractivity contribution in [1.29, 1.82) is 0 Å². The van der Waals surface area contributed by atoms with Gasteiger partial charge in [-0.25, -0.2) is 0 Å². The van der Waals surface area contributed by atoms with Crippen molar-refractivity contribution in [2.45, 2.75) is 0 Å². The van der Waals surface area contributed by atoms with Gasteiger partial charge in [0.25, 0.3) is 0 Å². The maximum Gasteiger partial charge on any atom is 0.244 e. The number of hydrogen-bond donors (Lipinski definition) is 1. The minimum Gasteiger partial charge on any atom is -0.379 e. The van der Waals surface area contributed by atoms with E-state index in [-0.39, 0.29) is 5.91 Å². The number of fused-ring (bicyclic) bond motifs is 1. The van der Waals surface area contributed by atoms with Crippen LogP contribution < -0.4 is 5.32 Å². The number of carbonyl (C=O) groups excluding carboxylic acids is 1. The lowest BCUT2D eigenvalue weighted by Crippen LogP contribution is -2.41. The Morgan fingerprint density at radius 3 is 2.91 bits per heavy atom. The van der Waals surface area contributed by atoms with Crippen LogP contribution in [0, 0.1) is 0 Å². The van der Waals surface area contributed by atoms with Crippen LogP contribution >= 0.6 is 22.9 Å². The fourth-order valence-corrected chi connectivity index (χ4v) is 3.91. The third kappa shape index (κ3) is 4.32. The second-order valence-electron chi connectivity index (χ2n) is 5.35. The standard InChI is InChI=1S/C17H19ClN2O2S/c18-17-13-3-1-2-4-14(13)23-15(17)5-6-16(21)19-7-8-20-9-11-22-12-10-20/h1-6H,7-12H2,(H,19,21)/b6-5+. The zero-order chi connectivity index (χ0) is 16.1. The molecule has 0 radical (unpaired) electrons. The molecular formula is C17H19ClN2O2S. The average molecular weight is 351 g/mol. The van der Waals surface area contributed by atoms with Crippen molar-refractivity contribution in [2.75, 3.05) is 39.4 Å². The summed E-state index contributed by atoms with van der Waals surface area (Å²) in [5, 5.41) is 4.65. The molecule has 0 spiro atoms. The van der Waals surface area contributed by atoms with Crippen LogP contribution in [0.1, 0.15) is 4.88 Å². The van der Waals surface area contributed by atoms with Gasteiger partial charge in [0, 0.05) is 47.2 Å². The first-order valence-electron chi connectivity index (χ1n) is 7.67. The maximum atomic E-state index is 11.9. The summed E-state index contributed by atoms with van der Waals surface area (Å²) >= 11 is 7.95. The number of amides is 1. The summed E-state index contributed by atoms with van der Waals surface area (Å²) in [6.07, 6.45) is 3.34. The molecule has 0 saturated carbocycles. The van der Waals surface area contributed by atoms with E-state index in [1.807, 2.05) is 24.3 Å². The number of halogens is 1. The summed E-state index contributed by atoms with van der Waals surface area (Å²) in [5.74, 6) is -0.0909. The third-order valence-corrected chi connectivity index (χ3v) is 5.43. The van der Waals surface area contributed by atoms with Crippen LogP contribution in [-0.2, 0) is 9.53 Å². The van der Waals surface area contributed by atoms with Crippen LogP contribution in [0.5, 0.6) is 0 Å². The minimum atomic E-state index is -0.0909. The molecule has 4 nitrogen and oxygen atoms in total. The first kappa shape index (κ1) is 16.5. The van der Waals surface area contributed by atoms with Gasteiger partial charge in [-0.15, -0.1) is 11.3 Å². The largest absolute Gasteiger partial charge is 0.379 e. The molecule has 1 aromatic heterocycles. The van der Waals surface area contributed by atoms with Crippen LogP contribution in [0.3, 0.4) is 0 Å². The lowest BCUT2D eigenvalue weighted by molar-refractivity contribution is -0.116. The molecular weight excluding hydrogens is 332 g/mol. The van der Waals surface area contributed by atoms with Gasteiger partial charge in [0.1, 0.15) is 0 Å². The zero-order valence-corrected chi connectivity index (χ0v) is 14.3. The van der Waals surface area contributed by atoms with Crippen molar-refractivity contribution in [3.63, 3.8) is 0 Å². The van der Waals surface area contributed by atoms with E-state index in [0.717, 1.165) is 47.8 Å². The Morgan fingerprint density at radius 2 is 2.13 bits per heavy atom. The zero-order valence-electron chi connectivity index (χ0n) is 12.8. The molecule has 0 aliphatic carbocycles. The highest BCUT2D eigenvalue weighted by Crippen LogP contribution is 2.35. The molecule has 1 aromatic carbocycles. The summed E-state index contributed by atoms with van der Waals surface area (Å²) in [6.45, 7) is 4.92. The van der Waals surface area contributed by atoms with Crippen LogP contribution in [0.25, 0.3) is 16.2 Å². The molecule has 1 aliphatic heterocycles. The first-order chi connectivity index (χ1) is 11.2. The summed E-state index contributed by atoms with van der Waals surface area (Å²) in [5.41, 5.74) is 0. The topological polar surface area (TPSA) is 41.6 Å². The number of nitrogens with zero attached hydrogens (tertiary/aromatic N) is 1. The molecule has 1 aliphatic rings. The fraction of sp³-hybridized carbons (Fsp3) is 0.353. The average Bonchev–Trinajstić information content (AvgIpc) is 2.90. The Hall–Kier alpha value is -1.40. The first-order valence-corrected chi connectivity index (χ1v) is 8.86. The summed E-state index contributed by atoms with van der Waals surface area (Å²) in [4.78, 5) is 15.1. The number of morpholine rings is 1. The molecule has 0 bridgehead atoms. The number of nitrogens with one attached hydrogen (secondary N) is 1. The second-order valence-corrected chi connectivity index (χ2v) is 6.82. The Kier molecular flexibility index (Phi) is 5.67. The fourth-order valence-electron chi connectivity index (χ4n) is 2.51. The van der Waals surface area contributed by atoms with Gasteiger partial charge >= 0.3 is 0 Å². The van der Waals surface area contributed by atoms with Gasteiger partial charge in [-0.2, -0.15) is 0 Å². The van der Waals surface area contributed by atoms with Crippen molar-refractivity contribution in [3.8, 4) is 0 Å². The number of carbonyl (C=O) groups is 1. The van der Waals surface area contributed by atoms with Gasteiger partial charge < -0.3 is 10.1 Å². The van der Waals surface area contributed by atoms with Crippen LogP contribution in [-0.4, -0.2) is 50.2 Å². The summed E-state index contributed by atoms with van der Waals surface area (Å²) in [6, 6.07) is 7.98. The van der Waals surface area contributed by atoms with Gasteiger partial charge in [-0.05, 0) is 12.1 Å². The van der Waals surface area contributed by atoms with Gasteiger partial charge in [-0.3, -0.25) is 9.69 Å². The van der Waals surface area contributed by atoms with E-state index in [2.05, 4.69) is 10.2 Å². The number of thiophene rings is 1.